The third-order valence-electron chi connectivity index (χ3n) is 0.903. The van der Waals surface area contributed by atoms with Gasteiger partial charge < -0.3 is 4.48 Å². The van der Waals surface area contributed by atoms with E-state index in [1.54, 1.807) is 0 Å². The Morgan fingerprint density at radius 3 is 1.69 bits per heavy atom. The van der Waals surface area contributed by atoms with Crippen LogP contribution in [0.25, 0.3) is 0 Å². The molecule has 0 aliphatic rings. The molecule has 0 amide bonds. The summed E-state index contributed by atoms with van der Waals surface area (Å²) in [6, 6.07) is 0. The number of hydrogen-bond donors (Lipinski definition) is 0. The van der Waals surface area contributed by atoms with Crippen LogP contribution in [0.3, 0.4) is 0 Å². The maximum atomic E-state index is 8.44. The van der Waals surface area contributed by atoms with E-state index in [9.17, 15) is 0 Å². The first-order chi connectivity index (χ1) is 16.7. The second-order valence-corrected chi connectivity index (χ2v) is 1.64. The van der Waals surface area contributed by atoms with Gasteiger partial charge in [-0.15, -0.1) is 0 Å². The van der Waals surface area contributed by atoms with Gasteiger partial charge in [0.05, 0.1) is 37.0 Å². The Balaban J connectivity index is 9.37. The zero-order chi connectivity index (χ0) is 33.6. The number of quaternary nitrogens is 1. The maximum absolute atomic E-state index is 8.44. The summed E-state index contributed by atoms with van der Waals surface area (Å²) < 4.78 is 209. The molecule has 0 unspecified atom stereocenters. The SMILES string of the molecule is [2H]C([2H])C([2H])([2H])C([2H])([2H])[N+](C([2H])([2H])C([2H])([2H])C([2H])([2H])[2H])(C([2H])([2H])C([2H])([2H])C([2H])([2H])[2H])C([2H])([2H])C([2H])([2H])C([2H])([2H])[2H]. The van der Waals surface area contributed by atoms with Crippen molar-refractivity contribution in [3.8, 4) is 0 Å². The average Bonchev–Trinajstić information content (AvgIpc) is 2.63. The number of rotatable bonds is 8. The van der Waals surface area contributed by atoms with E-state index in [0.29, 0.717) is 0 Å². The third kappa shape index (κ3) is 4.66. The van der Waals surface area contributed by atoms with Gasteiger partial charge >= 0.3 is 0 Å². The molecule has 0 aromatic rings. The van der Waals surface area contributed by atoms with Crippen LogP contribution in [0.5, 0.6) is 0 Å². The highest BCUT2D eigenvalue weighted by Gasteiger charge is 2.22. The topological polar surface area (TPSA) is 0 Å². The monoisotopic (exact) mass is 213 g/mol. The molecule has 0 aromatic heterocycles. The van der Waals surface area contributed by atoms with Crippen LogP contribution in [0, 0.1) is 0 Å². The van der Waals surface area contributed by atoms with Gasteiger partial charge in [0.25, 0.3) is 0 Å². The van der Waals surface area contributed by atoms with E-state index in [1.165, 1.54) is 0 Å². The zero-order valence-electron chi connectivity index (χ0n) is 33.5. The molecule has 13 heavy (non-hydrogen) atoms. The second-order valence-electron chi connectivity index (χ2n) is 1.64. The maximum Gasteiger partial charge on any atom is 0.0924 e. The van der Waals surface area contributed by atoms with Gasteiger partial charge in [0.2, 0.25) is 0 Å². The second kappa shape index (κ2) is 7.37. The smallest absolute Gasteiger partial charge is 0.0924 e. The summed E-state index contributed by atoms with van der Waals surface area (Å²) in [7, 11) is 0. The Kier molecular flexibility index (Phi) is 0.693. The highest BCUT2D eigenvalue weighted by molar-refractivity contribution is 4.43. The molecular weight excluding hydrogens is 158 g/mol. The van der Waals surface area contributed by atoms with E-state index >= 15 is 0 Å². The molecular formula is C12H28N+. The molecule has 0 saturated heterocycles. The highest BCUT2D eigenvalue weighted by atomic mass is 15.3. The molecule has 0 aliphatic carbocycles. The Bertz CT molecular complexity index is 818. The predicted octanol–water partition coefficient (Wildman–Crippen LogP) is 3.44. The van der Waals surface area contributed by atoms with Crippen molar-refractivity contribution < 1.29 is 41.5 Å². The minimum absolute atomic E-state index is 3.31. The summed E-state index contributed by atoms with van der Waals surface area (Å²) in [6.45, 7) is -38.0. The zero-order valence-corrected chi connectivity index (χ0v) is 6.52. The Labute approximate surface area is 123 Å². The van der Waals surface area contributed by atoms with Gasteiger partial charge in [-0.3, -0.25) is 0 Å². The summed E-state index contributed by atoms with van der Waals surface area (Å²) in [4.78, 5) is 0. The van der Waals surface area contributed by atoms with E-state index in [4.69, 9.17) is 37.0 Å². The van der Waals surface area contributed by atoms with Crippen LogP contribution < -0.4 is 0 Å². The molecule has 0 heterocycles. The molecule has 0 N–H and O–H groups in total. The van der Waals surface area contributed by atoms with Gasteiger partial charge in [-0.1, -0.05) is 27.4 Å². The van der Waals surface area contributed by atoms with Crippen molar-refractivity contribution in [2.75, 3.05) is 26.0 Å². The van der Waals surface area contributed by atoms with Crippen LogP contribution in [-0.2, 0) is 0 Å². The molecule has 80 valence electrons. The van der Waals surface area contributed by atoms with Crippen LogP contribution in [0.2, 0.25) is 0 Å². The molecule has 0 aliphatic heterocycles. The first-order valence-electron chi connectivity index (χ1n) is 16.6. The van der Waals surface area contributed by atoms with Crippen molar-refractivity contribution in [1.29, 1.82) is 0 Å². The molecule has 0 saturated carbocycles. The van der Waals surface area contributed by atoms with Crippen molar-refractivity contribution >= 4 is 0 Å². The quantitative estimate of drug-likeness (QED) is 0.542. The van der Waals surface area contributed by atoms with Crippen molar-refractivity contribution in [1.82, 2.24) is 0 Å². The Morgan fingerprint density at radius 1 is 0.846 bits per heavy atom. The van der Waals surface area contributed by atoms with E-state index in [1.807, 2.05) is 0 Å². The molecule has 0 bridgehead atoms. The molecule has 0 radical (unpaired) electrons. The van der Waals surface area contributed by atoms with Crippen LogP contribution in [0.4, 0.5) is 0 Å². The fourth-order valence-corrected chi connectivity index (χ4v) is 0.516. The van der Waals surface area contributed by atoms with Crippen LogP contribution in [0.15, 0.2) is 0 Å². The highest BCUT2D eigenvalue weighted by Crippen LogP contribution is 2.12. The summed E-state index contributed by atoms with van der Waals surface area (Å²) in [6.07, 6.45) is -19.2. The van der Waals surface area contributed by atoms with Crippen molar-refractivity contribution in [3.63, 3.8) is 0 Å². The fraction of sp³-hybridized carbons (Fsp3) is 1.00. The van der Waals surface area contributed by atoms with Gasteiger partial charge in [0, 0.05) is 26.0 Å². The fourth-order valence-electron chi connectivity index (χ4n) is 0.516. The van der Waals surface area contributed by atoms with Gasteiger partial charge in [0.15, 0.2) is 0 Å². The minimum atomic E-state index is -5.37. The summed E-state index contributed by atoms with van der Waals surface area (Å²) in [5, 5.41) is 0. The lowest BCUT2D eigenvalue weighted by Crippen LogP contribution is -2.50. The molecule has 1 nitrogen and oxygen atoms in total. The predicted molar refractivity (Wildman–Crippen MR) is 60.9 cm³/mol. The van der Waals surface area contributed by atoms with Crippen LogP contribution in [-0.4, -0.2) is 30.5 Å². The van der Waals surface area contributed by atoms with Crippen LogP contribution in [0.1, 0.15) is 89.9 Å². The third-order valence-corrected chi connectivity index (χ3v) is 0.903. The minimum Gasteiger partial charge on any atom is -0.324 e. The summed E-state index contributed by atoms with van der Waals surface area (Å²) in [5.41, 5.74) is 0. The first kappa shape index (κ1) is 1.22. The molecule has 0 fully saturated rings. The summed E-state index contributed by atoms with van der Waals surface area (Å²) in [5.74, 6) is 0. The average molecular weight is 214 g/mol. The van der Waals surface area contributed by atoms with E-state index in [0.717, 1.165) is 0 Å². The van der Waals surface area contributed by atoms with Crippen molar-refractivity contribution in [2.24, 2.45) is 0 Å². The number of hydrogen-bond acceptors (Lipinski definition) is 0. The van der Waals surface area contributed by atoms with Gasteiger partial charge in [0.1, 0.15) is 0 Å². The molecule has 0 atom stereocenters. The molecule has 0 spiro atoms. The van der Waals surface area contributed by atoms with Gasteiger partial charge in [-0.05, 0) is 25.5 Å². The first-order valence-corrected chi connectivity index (χ1v) is 2.93. The van der Waals surface area contributed by atoms with E-state index < -0.39 is 83.4 Å². The van der Waals surface area contributed by atoms with Crippen molar-refractivity contribution in [2.45, 2.75) is 52.9 Å². The Morgan fingerprint density at radius 2 is 1.31 bits per heavy atom. The summed E-state index contributed by atoms with van der Waals surface area (Å²) >= 11 is 0. The normalized spacial score (nSPS) is 54.7. The standard InChI is InChI=1S/C12H28N/c1-5-9-13(10-6-2,11-7-3)12-8-4/h5-12H2,1-4H3/q+1/i1D2,2D3,3D3,4D3,5D2,6D2,7D2,8D2,9D2,10D2,11D2,12D2. The van der Waals surface area contributed by atoms with Crippen LogP contribution >= 0.6 is 0 Å². The number of nitrogens with zero attached hydrogens (tertiary/aromatic N) is 1. The van der Waals surface area contributed by atoms with E-state index in [2.05, 4.69) is 0 Å². The van der Waals surface area contributed by atoms with E-state index in [-0.39, 0.29) is 0 Å². The molecule has 0 aromatic carbocycles. The largest absolute Gasteiger partial charge is 0.324 e. The lowest BCUT2D eigenvalue weighted by Gasteiger charge is -2.38. The van der Waals surface area contributed by atoms with Crippen molar-refractivity contribution in [3.05, 3.63) is 0 Å². The Hall–Kier alpha value is -0.0400. The molecule has 1 heteroatoms. The van der Waals surface area contributed by atoms with Gasteiger partial charge in [-0.25, -0.2) is 0 Å². The molecule has 0 rings (SSSR count). The lowest BCUT2D eigenvalue weighted by molar-refractivity contribution is -0.928. The van der Waals surface area contributed by atoms with Gasteiger partial charge in [-0.2, -0.15) is 0 Å². The lowest BCUT2D eigenvalue weighted by atomic mass is 10.2.